The zero-order valence-electron chi connectivity index (χ0n) is 12.0. The van der Waals surface area contributed by atoms with Gasteiger partial charge in [0.15, 0.2) is 5.96 Å². The quantitative estimate of drug-likeness (QED) is 0.497. The van der Waals surface area contributed by atoms with Crippen LogP contribution < -0.4 is 10.6 Å². The molecule has 0 aliphatic carbocycles. The second-order valence-electron chi connectivity index (χ2n) is 4.53. The summed E-state index contributed by atoms with van der Waals surface area (Å²) in [6.45, 7) is 2.15. The third-order valence-corrected chi connectivity index (χ3v) is 3.10. The van der Waals surface area contributed by atoms with Gasteiger partial charge in [0.1, 0.15) is 0 Å². The zero-order valence-corrected chi connectivity index (χ0v) is 12.0. The van der Waals surface area contributed by atoms with Crippen LogP contribution in [0.2, 0.25) is 0 Å². The van der Waals surface area contributed by atoms with Crippen molar-refractivity contribution in [1.82, 2.24) is 10.6 Å². The second-order valence-corrected chi connectivity index (χ2v) is 4.53. The molecule has 0 bridgehead atoms. The van der Waals surface area contributed by atoms with Gasteiger partial charge in [0.05, 0.1) is 6.61 Å². The first-order valence-electron chi connectivity index (χ1n) is 6.74. The van der Waals surface area contributed by atoms with E-state index in [2.05, 4.69) is 58.1 Å². The summed E-state index contributed by atoms with van der Waals surface area (Å²) in [6.07, 6.45) is 0. The highest BCUT2D eigenvalue weighted by molar-refractivity contribution is 5.83. The van der Waals surface area contributed by atoms with E-state index in [1.54, 1.807) is 14.2 Å². The van der Waals surface area contributed by atoms with E-state index >= 15 is 0 Å². The first-order chi connectivity index (χ1) is 9.83. The van der Waals surface area contributed by atoms with Crippen LogP contribution in [0.4, 0.5) is 0 Å². The molecule has 4 heteroatoms. The fraction of sp³-hybridized carbons (Fsp3) is 0.312. The van der Waals surface area contributed by atoms with Gasteiger partial charge in [0, 0.05) is 27.2 Å². The monoisotopic (exact) mass is 271 g/mol. The number of fused-ring (bicyclic) bond motifs is 1. The number of benzene rings is 2. The smallest absolute Gasteiger partial charge is 0.191 e. The van der Waals surface area contributed by atoms with Crippen molar-refractivity contribution in [3.63, 3.8) is 0 Å². The lowest BCUT2D eigenvalue weighted by Crippen LogP contribution is -2.38. The van der Waals surface area contributed by atoms with E-state index in [1.165, 1.54) is 16.3 Å². The molecule has 2 aromatic rings. The lowest BCUT2D eigenvalue weighted by molar-refractivity contribution is 0.203. The Bertz CT molecular complexity index is 581. The summed E-state index contributed by atoms with van der Waals surface area (Å²) >= 11 is 0. The molecule has 0 aliphatic rings. The van der Waals surface area contributed by atoms with Gasteiger partial charge in [-0.1, -0.05) is 36.4 Å². The highest BCUT2D eigenvalue weighted by atomic mass is 16.5. The fourth-order valence-corrected chi connectivity index (χ4v) is 2.03. The summed E-state index contributed by atoms with van der Waals surface area (Å²) in [5, 5.41) is 9.01. The molecule has 0 aliphatic heterocycles. The third-order valence-electron chi connectivity index (χ3n) is 3.10. The van der Waals surface area contributed by atoms with Crippen molar-refractivity contribution in [2.75, 3.05) is 27.3 Å². The highest BCUT2D eigenvalue weighted by Crippen LogP contribution is 2.15. The number of nitrogens with one attached hydrogen (secondary N) is 2. The number of methoxy groups -OCH3 is 1. The summed E-state index contributed by atoms with van der Waals surface area (Å²) in [5.41, 5.74) is 1.23. The van der Waals surface area contributed by atoms with Crippen molar-refractivity contribution in [1.29, 1.82) is 0 Å². The minimum absolute atomic E-state index is 0.663. The van der Waals surface area contributed by atoms with Crippen LogP contribution in [0.25, 0.3) is 10.8 Å². The van der Waals surface area contributed by atoms with Crippen LogP contribution in [-0.4, -0.2) is 33.3 Å². The van der Waals surface area contributed by atoms with Gasteiger partial charge in [-0.25, -0.2) is 0 Å². The van der Waals surface area contributed by atoms with Crippen molar-refractivity contribution < 1.29 is 4.74 Å². The summed E-state index contributed by atoms with van der Waals surface area (Å²) in [6, 6.07) is 14.9. The lowest BCUT2D eigenvalue weighted by atomic mass is 10.1. The molecule has 0 fully saturated rings. The molecule has 20 heavy (non-hydrogen) atoms. The number of aliphatic imine (C=N–C) groups is 1. The fourth-order valence-electron chi connectivity index (χ4n) is 2.03. The zero-order chi connectivity index (χ0) is 14.2. The van der Waals surface area contributed by atoms with Crippen LogP contribution in [0.5, 0.6) is 0 Å². The Morgan fingerprint density at radius 2 is 1.90 bits per heavy atom. The van der Waals surface area contributed by atoms with Gasteiger partial charge in [-0.3, -0.25) is 4.99 Å². The topological polar surface area (TPSA) is 45.7 Å². The predicted molar refractivity (Wildman–Crippen MR) is 84.0 cm³/mol. The van der Waals surface area contributed by atoms with Crippen molar-refractivity contribution in [2.24, 2.45) is 4.99 Å². The molecule has 106 valence electrons. The largest absolute Gasteiger partial charge is 0.383 e. The molecule has 0 saturated heterocycles. The van der Waals surface area contributed by atoms with Gasteiger partial charge in [-0.2, -0.15) is 0 Å². The molecule has 2 N–H and O–H groups in total. The molecule has 0 amide bonds. The summed E-state index contributed by atoms with van der Waals surface area (Å²) in [7, 11) is 3.45. The second kappa shape index (κ2) is 7.50. The van der Waals surface area contributed by atoms with E-state index in [0.717, 1.165) is 19.0 Å². The third kappa shape index (κ3) is 3.96. The number of hydrogen-bond donors (Lipinski definition) is 2. The number of nitrogens with zero attached hydrogens (tertiary/aromatic N) is 1. The summed E-state index contributed by atoms with van der Waals surface area (Å²) in [4.78, 5) is 4.18. The van der Waals surface area contributed by atoms with E-state index in [4.69, 9.17) is 4.74 Å². The number of hydrogen-bond acceptors (Lipinski definition) is 2. The van der Waals surface area contributed by atoms with Gasteiger partial charge >= 0.3 is 0 Å². The number of rotatable bonds is 5. The van der Waals surface area contributed by atoms with Crippen LogP contribution in [0.15, 0.2) is 47.5 Å². The molecule has 4 nitrogen and oxygen atoms in total. The van der Waals surface area contributed by atoms with Crippen LogP contribution in [0.3, 0.4) is 0 Å². The van der Waals surface area contributed by atoms with Crippen LogP contribution in [0.1, 0.15) is 5.56 Å². The van der Waals surface area contributed by atoms with Gasteiger partial charge in [0.25, 0.3) is 0 Å². The number of guanidine groups is 1. The van der Waals surface area contributed by atoms with E-state index in [1.807, 2.05) is 0 Å². The van der Waals surface area contributed by atoms with Crippen molar-refractivity contribution in [3.8, 4) is 0 Å². The maximum absolute atomic E-state index is 5.00. The molecule has 0 aromatic heterocycles. The minimum atomic E-state index is 0.663. The molecular weight excluding hydrogens is 250 g/mol. The Hall–Kier alpha value is -2.07. The first kappa shape index (κ1) is 14.3. The molecule has 0 heterocycles. The molecule has 0 radical (unpaired) electrons. The van der Waals surface area contributed by atoms with Crippen LogP contribution in [-0.2, 0) is 11.3 Å². The van der Waals surface area contributed by atoms with E-state index in [0.29, 0.717) is 6.61 Å². The van der Waals surface area contributed by atoms with Crippen molar-refractivity contribution in [2.45, 2.75) is 6.54 Å². The Labute approximate surface area is 119 Å². The Morgan fingerprint density at radius 1 is 1.10 bits per heavy atom. The lowest BCUT2D eigenvalue weighted by Gasteiger charge is -2.12. The van der Waals surface area contributed by atoms with E-state index in [9.17, 15) is 0 Å². The molecule has 0 saturated carbocycles. The Morgan fingerprint density at radius 3 is 2.65 bits per heavy atom. The first-order valence-corrected chi connectivity index (χ1v) is 6.74. The maximum Gasteiger partial charge on any atom is 0.191 e. The molecule has 0 atom stereocenters. The minimum Gasteiger partial charge on any atom is -0.383 e. The average molecular weight is 271 g/mol. The molecule has 2 rings (SSSR count). The van der Waals surface area contributed by atoms with Crippen molar-refractivity contribution in [3.05, 3.63) is 48.0 Å². The van der Waals surface area contributed by atoms with Gasteiger partial charge in [0.2, 0.25) is 0 Å². The standard InChI is InChI=1S/C16H21N3O/c1-17-16(18-9-10-20-2)19-12-13-7-8-14-5-3-4-6-15(14)11-13/h3-8,11H,9-10,12H2,1-2H3,(H2,17,18,19). The number of ether oxygens (including phenoxy) is 1. The Kier molecular flexibility index (Phi) is 5.38. The SMILES string of the molecule is CN=C(NCCOC)NCc1ccc2ccccc2c1. The van der Waals surface area contributed by atoms with Gasteiger partial charge < -0.3 is 15.4 Å². The normalized spacial score (nSPS) is 11.6. The van der Waals surface area contributed by atoms with Gasteiger partial charge in [-0.15, -0.1) is 0 Å². The van der Waals surface area contributed by atoms with Crippen LogP contribution in [0, 0.1) is 0 Å². The van der Waals surface area contributed by atoms with E-state index < -0.39 is 0 Å². The van der Waals surface area contributed by atoms with Gasteiger partial charge in [-0.05, 0) is 22.4 Å². The Balaban J connectivity index is 1.94. The molecule has 2 aromatic carbocycles. The predicted octanol–water partition coefficient (Wildman–Crippen LogP) is 2.15. The molecule has 0 spiro atoms. The van der Waals surface area contributed by atoms with E-state index in [-0.39, 0.29) is 0 Å². The highest BCUT2D eigenvalue weighted by Gasteiger charge is 1.99. The van der Waals surface area contributed by atoms with Crippen molar-refractivity contribution >= 4 is 16.7 Å². The molecule has 0 unspecified atom stereocenters. The van der Waals surface area contributed by atoms with Crippen LogP contribution >= 0.6 is 0 Å². The summed E-state index contributed by atoms with van der Waals surface area (Å²) in [5.74, 6) is 0.787. The maximum atomic E-state index is 5.00. The molecular formula is C16H21N3O. The average Bonchev–Trinajstić information content (AvgIpc) is 2.50. The summed E-state index contributed by atoms with van der Waals surface area (Å²) < 4.78 is 5.00.